The molecule has 0 atom stereocenters. The van der Waals surface area contributed by atoms with Crippen molar-refractivity contribution in [3.05, 3.63) is 65.2 Å². The summed E-state index contributed by atoms with van der Waals surface area (Å²) in [6, 6.07) is 18.1. The molecule has 0 bridgehead atoms. The number of nitrogens with zero attached hydrogens (tertiary/aromatic N) is 2. The number of halogens is 1. The van der Waals surface area contributed by atoms with Gasteiger partial charge in [-0.05, 0) is 23.8 Å². The molecule has 0 radical (unpaired) electrons. The number of amides is 1. The average Bonchev–Trinajstić information content (AvgIpc) is 2.62. The summed E-state index contributed by atoms with van der Waals surface area (Å²) < 4.78 is 0. The van der Waals surface area contributed by atoms with Crippen molar-refractivity contribution in [1.82, 2.24) is 15.2 Å². The molecule has 1 aromatic heterocycles. The van der Waals surface area contributed by atoms with Crippen molar-refractivity contribution >= 4 is 28.4 Å². The van der Waals surface area contributed by atoms with Crippen LogP contribution in [-0.4, -0.2) is 35.4 Å². The first-order valence-corrected chi connectivity index (χ1v) is 8.70. The standard InChI is InChI=1S/C20H18ClN3O/c21-17-7-6-15-10-16(12-24-9-8-22-19(25)13-24)20(23-18(15)11-17)14-4-2-1-3-5-14/h1-7,10-11H,8-9,12-13H2,(H,22,25). The number of carbonyl (C=O) groups is 1. The first-order valence-electron chi connectivity index (χ1n) is 8.33. The molecule has 1 saturated heterocycles. The van der Waals surface area contributed by atoms with E-state index in [9.17, 15) is 4.79 Å². The summed E-state index contributed by atoms with van der Waals surface area (Å²) in [6.45, 7) is 2.66. The van der Waals surface area contributed by atoms with Crippen LogP contribution in [0.1, 0.15) is 5.56 Å². The number of aromatic nitrogens is 1. The van der Waals surface area contributed by atoms with Gasteiger partial charge in [-0.2, -0.15) is 0 Å². The van der Waals surface area contributed by atoms with Gasteiger partial charge in [0.15, 0.2) is 0 Å². The van der Waals surface area contributed by atoms with Crippen LogP contribution in [0.2, 0.25) is 5.02 Å². The molecule has 1 aliphatic rings. The summed E-state index contributed by atoms with van der Waals surface area (Å²) in [6.07, 6.45) is 0. The van der Waals surface area contributed by atoms with Gasteiger partial charge >= 0.3 is 0 Å². The number of hydrogen-bond donors (Lipinski definition) is 1. The highest BCUT2D eigenvalue weighted by Crippen LogP contribution is 2.28. The Morgan fingerprint density at radius 3 is 2.76 bits per heavy atom. The van der Waals surface area contributed by atoms with Crippen molar-refractivity contribution in [3.63, 3.8) is 0 Å². The number of rotatable bonds is 3. The highest BCUT2D eigenvalue weighted by atomic mass is 35.5. The lowest BCUT2D eigenvalue weighted by atomic mass is 10.0. The quantitative estimate of drug-likeness (QED) is 0.785. The molecule has 0 unspecified atom stereocenters. The van der Waals surface area contributed by atoms with Gasteiger partial charge in [-0.1, -0.05) is 48.0 Å². The molecule has 2 aromatic carbocycles. The fourth-order valence-corrected chi connectivity index (χ4v) is 3.38. The second kappa shape index (κ2) is 6.82. The zero-order valence-corrected chi connectivity index (χ0v) is 14.5. The van der Waals surface area contributed by atoms with E-state index < -0.39 is 0 Å². The fourth-order valence-electron chi connectivity index (χ4n) is 3.22. The Kier molecular flexibility index (Phi) is 4.38. The van der Waals surface area contributed by atoms with Crippen LogP contribution in [0.5, 0.6) is 0 Å². The highest BCUT2D eigenvalue weighted by molar-refractivity contribution is 6.31. The SMILES string of the molecule is O=C1CN(Cc2cc3ccc(Cl)cc3nc2-c2ccccc2)CCN1. The van der Waals surface area contributed by atoms with E-state index in [4.69, 9.17) is 16.6 Å². The first-order chi connectivity index (χ1) is 12.2. The number of benzene rings is 2. The van der Waals surface area contributed by atoms with E-state index in [1.165, 1.54) is 0 Å². The molecular formula is C20H18ClN3O. The topological polar surface area (TPSA) is 45.2 Å². The Morgan fingerprint density at radius 1 is 1.12 bits per heavy atom. The Bertz CT molecular complexity index is 927. The van der Waals surface area contributed by atoms with E-state index in [2.05, 4.69) is 28.4 Å². The third-order valence-corrected chi connectivity index (χ3v) is 4.65. The number of hydrogen-bond acceptors (Lipinski definition) is 3. The number of nitrogens with one attached hydrogen (secondary N) is 1. The zero-order valence-electron chi connectivity index (χ0n) is 13.7. The molecule has 0 spiro atoms. The van der Waals surface area contributed by atoms with E-state index in [0.29, 0.717) is 24.7 Å². The van der Waals surface area contributed by atoms with Crippen molar-refractivity contribution in [1.29, 1.82) is 0 Å². The van der Waals surface area contributed by atoms with E-state index in [-0.39, 0.29) is 5.91 Å². The molecule has 1 fully saturated rings. The zero-order chi connectivity index (χ0) is 17.2. The number of piperazine rings is 1. The van der Waals surface area contributed by atoms with Crippen molar-refractivity contribution in [2.24, 2.45) is 0 Å². The second-order valence-corrected chi connectivity index (χ2v) is 6.70. The Balaban J connectivity index is 1.80. The Hall–Kier alpha value is -2.43. The summed E-state index contributed by atoms with van der Waals surface area (Å²) in [4.78, 5) is 18.7. The summed E-state index contributed by atoms with van der Waals surface area (Å²) in [5.74, 6) is 0.0769. The average molecular weight is 352 g/mol. The molecule has 1 amide bonds. The molecule has 126 valence electrons. The molecule has 2 heterocycles. The van der Waals surface area contributed by atoms with Crippen molar-refractivity contribution < 1.29 is 4.79 Å². The molecule has 1 aliphatic heterocycles. The smallest absolute Gasteiger partial charge is 0.234 e. The van der Waals surface area contributed by atoms with Crippen LogP contribution in [-0.2, 0) is 11.3 Å². The minimum Gasteiger partial charge on any atom is -0.354 e. The predicted octanol–water partition coefficient (Wildman–Crippen LogP) is 3.49. The van der Waals surface area contributed by atoms with E-state index in [1.807, 2.05) is 36.4 Å². The van der Waals surface area contributed by atoms with Gasteiger partial charge in [-0.15, -0.1) is 0 Å². The summed E-state index contributed by atoms with van der Waals surface area (Å²) in [5, 5.41) is 4.61. The molecule has 4 rings (SSSR count). The van der Waals surface area contributed by atoms with Crippen molar-refractivity contribution in [3.8, 4) is 11.3 Å². The predicted molar refractivity (Wildman–Crippen MR) is 100 cm³/mol. The third kappa shape index (κ3) is 3.50. The monoisotopic (exact) mass is 351 g/mol. The van der Waals surface area contributed by atoms with Crippen molar-refractivity contribution in [2.45, 2.75) is 6.54 Å². The maximum absolute atomic E-state index is 11.7. The Labute approximate surface area is 151 Å². The molecule has 0 saturated carbocycles. The van der Waals surface area contributed by atoms with Crippen molar-refractivity contribution in [2.75, 3.05) is 19.6 Å². The summed E-state index contributed by atoms with van der Waals surface area (Å²) in [5.41, 5.74) is 4.02. The van der Waals surface area contributed by atoms with Gasteiger partial charge in [0.05, 0.1) is 17.8 Å². The van der Waals surface area contributed by atoms with E-state index in [0.717, 1.165) is 34.3 Å². The lowest BCUT2D eigenvalue weighted by molar-refractivity contribution is -0.124. The van der Waals surface area contributed by atoms with E-state index in [1.54, 1.807) is 0 Å². The van der Waals surface area contributed by atoms with Gasteiger partial charge in [0, 0.05) is 35.6 Å². The van der Waals surface area contributed by atoms with Gasteiger partial charge in [0.1, 0.15) is 0 Å². The van der Waals surface area contributed by atoms with Gasteiger partial charge < -0.3 is 5.32 Å². The molecule has 25 heavy (non-hydrogen) atoms. The molecule has 0 aliphatic carbocycles. The highest BCUT2D eigenvalue weighted by Gasteiger charge is 2.19. The summed E-state index contributed by atoms with van der Waals surface area (Å²) >= 11 is 6.14. The largest absolute Gasteiger partial charge is 0.354 e. The minimum absolute atomic E-state index is 0.0769. The molecule has 3 aromatic rings. The molecular weight excluding hydrogens is 334 g/mol. The molecule has 1 N–H and O–H groups in total. The van der Waals surface area contributed by atoms with E-state index >= 15 is 0 Å². The number of carbonyl (C=O) groups excluding carboxylic acids is 1. The van der Waals surface area contributed by atoms with Crippen LogP contribution in [0.3, 0.4) is 0 Å². The second-order valence-electron chi connectivity index (χ2n) is 6.26. The third-order valence-electron chi connectivity index (χ3n) is 4.42. The maximum atomic E-state index is 11.7. The lowest BCUT2D eigenvalue weighted by Crippen LogP contribution is -2.47. The van der Waals surface area contributed by atoms with Crippen LogP contribution in [0.25, 0.3) is 22.2 Å². The van der Waals surface area contributed by atoms with Crippen LogP contribution >= 0.6 is 11.6 Å². The fraction of sp³-hybridized carbons (Fsp3) is 0.200. The molecule has 5 heteroatoms. The normalized spacial score (nSPS) is 15.3. The summed E-state index contributed by atoms with van der Waals surface area (Å²) in [7, 11) is 0. The number of fused-ring (bicyclic) bond motifs is 1. The minimum atomic E-state index is 0.0769. The molecule has 4 nitrogen and oxygen atoms in total. The van der Waals surface area contributed by atoms with Gasteiger partial charge in [0.25, 0.3) is 0 Å². The van der Waals surface area contributed by atoms with Crippen LogP contribution in [0, 0.1) is 0 Å². The first kappa shape index (κ1) is 16.1. The van der Waals surface area contributed by atoms with Crippen LogP contribution in [0.4, 0.5) is 0 Å². The lowest BCUT2D eigenvalue weighted by Gasteiger charge is -2.27. The van der Waals surface area contributed by atoms with Gasteiger partial charge in [0.2, 0.25) is 5.91 Å². The van der Waals surface area contributed by atoms with Gasteiger partial charge in [-0.3, -0.25) is 9.69 Å². The van der Waals surface area contributed by atoms with Crippen LogP contribution in [0.15, 0.2) is 54.6 Å². The van der Waals surface area contributed by atoms with Gasteiger partial charge in [-0.25, -0.2) is 4.98 Å². The number of pyridine rings is 1. The maximum Gasteiger partial charge on any atom is 0.234 e. The Morgan fingerprint density at radius 2 is 1.96 bits per heavy atom. The van der Waals surface area contributed by atoms with Crippen LogP contribution < -0.4 is 5.32 Å².